The molecule has 1 aromatic carbocycles. The number of benzene rings is 1. The second kappa shape index (κ2) is 7.28. The average Bonchev–Trinajstić information content (AvgIpc) is 2.90. The molecule has 0 fully saturated rings. The molecule has 1 aliphatic rings. The van der Waals surface area contributed by atoms with E-state index in [1.54, 1.807) is 0 Å². The number of hydrogen-bond donors (Lipinski definition) is 1. The van der Waals surface area contributed by atoms with Gasteiger partial charge in [0.25, 0.3) is 0 Å². The maximum Gasteiger partial charge on any atom is 0.122 e. The molecule has 3 nitrogen and oxygen atoms in total. The van der Waals surface area contributed by atoms with Crippen molar-refractivity contribution in [2.45, 2.75) is 58.6 Å². The summed E-state index contributed by atoms with van der Waals surface area (Å²) in [5, 5.41) is 3.58. The van der Waals surface area contributed by atoms with Crippen molar-refractivity contribution in [1.82, 2.24) is 5.32 Å². The van der Waals surface area contributed by atoms with E-state index < -0.39 is 0 Å². The Bertz CT molecular complexity index is 457. The molecule has 1 aromatic rings. The van der Waals surface area contributed by atoms with Gasteiger partial charge in [0.05, 0.1) is 12.2 Å². The van der Waals surface area contributed by atoms with E-state index in [-0.39, 0.29) is 5.60 Å². The highest BCUT2D eigenvalue weighted by Gasteiger charge is 2.29. The molecule has 2 rings (SSSR count). The fourth-order valence-electron chi connectivity index (χ4n) is 3.12. The average molecular weight is 291 g/mol. The number of hydrogen-bond acceptors (Lipinski definition) is 3. The third kappa shape index (κ3) is 4.21. The molecule has 0 spiro atoms. The molecule has 118 valence electrons. The van der Waals surface area contributed by atoms with E-state index in [2.05, 4.69) is 51.2 Å². The number of nitrogens with one attached hydrogen (secondary N) is 1. The Balaban J connectivity index is 1.98. The lowest BCUT2D eigenvalue weighted by Gasteiger charge is -2.35. The second-order valence-electron chi connectivity index (χ2n) is 6.23. The molecule has 0 aromatic heterocycles. The summed E-state index contributed by atoms with van der Waals surface area (Å²) in [6.45, 7) is 11.1. The van der Waals surface area contributed by atoms with Crippen molar-refractivity contribution in [3.05, 3.63) is 29.3 Å². The third-order valence-electron chi connectivity index (χ3n) is 4.28. The Hall–Kier alpha value is -1.06. The van der Waals surface area contributed by atoms with Crippen LogP contribution in [0.15, 0.2) is 18.2 Å². The highest BCUT2D eigenvalue weighted by atomic mass is 16.5. The maximum atomic E-state index is 5.92. The van der Waals surface area contributed by atoms with Crippen molar-refractivity contribution >= 4 is 0 Å². The van der Waals surface area contributed by atoms with Crippen LogP contribution in [0.5, 0.6) is 5.75 Å². The van der Waals surface area contributed by atoms with E-state index in [0.717, 1.165) is 44.8 Å². The normalized spacial score (nSPS) is 15.6. The molecule has 0 aliphatic carbocycles. The van der Waals surface area contributed by atoms with Gasteiger partial charge in [0, 0.05) is 19.1 Å². The first kappa shape index (κ1) is 16.3. The van der Waals surface area contributed by atoms with E-state index in [1.807, 2.05) is 0 Å². The van der Waals surface area contributed by atoms with Crippen molar-refractivity contribution in [2.24, 2.45) is 0 Å². The Morgan fingerprint density at radius 3 is 2.86 bits per heavy atom. The zero-order chi connectivity index (χ0) is 15.3. The number of fused-ring (bicyclic) bond motifs is 1. The van der Waals surface area contributed by atoms with Gasteiger partial charge in [-0.3, -0.25) is 0 Å². The summed E-state index contributed by atoms with van der Waals surface area (Å²) in [5.41, 5.74) is 2.62. The van der Waals surface area contributed by atoms with Crippen LogP contribution in [0, 0.1) is 0 Å². The Labute approximate surface area is 129 Å². The van der Waals surface area contributed by atoms with Gasteiger partial charge in [0.2, 0.25) is 0 Å². The van der Waals surface area contributed by atoms with Crippen LogP contribution in [-0.2, 0) is 17.6 Å². The molecule has 21 heavy (non-hydrogen) atoms. The zero-order valence-electron chi connectivity index (χ0n) is 13.9. The summed E-state index contributed by atoms with van der Waals surface area (Å²) in [7, 11) is 0. The van der Waals surface area contributed by atoms with Crippen LogP contribution in [0.1, 0.15) is 45.2 Å². The van der Waals surface area contributed by atoms with Crippen molar-refractivity contribution in [1.29, 1.82) is 0 Å². The quantitative estimate of drug-likeness (QED) is 0.797. The number of aryl methyl sites for hydroxylation is 1. The highest BCUT2D eigenvalue weighted by molar-refractivity contribution is 5.39. The molecule has 0 saturated heterocycles. The van der Waals surface area contributed by atoms with Crippen LogP contribution >= 0.6 is 0 Å². The predicted octanol–water partition coefficient (Wildman–Crippen LogP) is 3.35. The first-order valence-corrected chi connectivity index (χ1v) is 8.18. The fourth-order valence-corrected chi connectivity index (χ4v) is 3.12. The summed E-state index contributed by atoms with van der Waals surface area (Å²) in [6, 6.07) is 6.99. The van der Waals surface area contributed by atoms with Gasteiger partial charge in [-0.1, -0.05) is 19.1 Å². The lowest BCUT2D eigenvalue weighted by Crippen LogP contribution is -2.48. The summed E-state index contributed by atoms with van der Waals surface area (Å²) in [4.78, 5) is 0. The van der Waals surface area contributed by atoms with Gasteiger partial charge in [0.1, 0.15) is 5.75 Å². The molecule has 1 heterocycles. The zero-order valence-corrected chi connectivity index (χ0v) is 13.9. The van der Waals surface area contributed by atoms with Gasteiger partial charge in [-0.25, -0.2) is 0 Å². The van der Waals surface area contributed by atoms with E-state index in [4.69, 9.17) is 9.47 Å². The van der Waals surface area contributed by atoms with Crippen LogP contribution in [0.25, 0.3) is 0 Å². The van der Waals surface area contributed by atoms with Crippen LogP contribution in [-0.4, -0.2) is 31.4 Å². The van der Waals surface area contributed by atoms with Gasteiger partial charge in [-0.2, -0.15) is 0 Å². The van der Waals surface area contributed by atoms with E-state index in [0.29, 0.717) is 6.04 Å². The molecular weight excluding hydrogens is 262 g/mol. The van der Waals surface area contributed by atoms with E-state index in [1.165, 1.54) is 11.1 Å². The molecule has 1 atom stereocenters. The van der Waals surface area contributed by atoms with Gasteiger partial charge >= 0.3 is 0 Å². The molecule has 1 aliphatic heterocycles. The smallest absolute Gasteiger partial charge is 0.122 e. The van der Waals surface area contributed by atoms with Crippen LogP contribution in [0.2, 0.25) is 0 Å². The minimum Gasteiger partial charge on any atom is -0.493 e. The van der Waals surface area contributed by atoms with Crippen LogP contribution in [0.4, 0.5) is 0 Å². The standard InChI is InChI=1S/C18H29NO2/c1-5-19-17(18(3,4)21-6-2)10-8-14-7-9-16-15(13-14)11-12-20-16/h7,9,13,17,19H,5-6,8,10-12H2,1-4H3. The predicted molar refractivity (Wildman–Crippen MR) is 87.1 cm³/mol. The lowest BCUT2D eigenvalue weighted by atomic mass is 9.92. The summed E-state index contributed by atoms with van der Waals surface area (Å²) < 4.78 is 11.5. The van der Waals surface area contributed by atoms with E-state index >= 15 is 0 Å². The van der Waals surface area contributed by atoms with Crippen molar-refractivity contribution in [3.63, 3.8) is 0 Å². The molecule has 0 saturated carbocycles. The van der Waals surface area contributed by atoms with Gasteiger partial charge in [0.15, 0.2) is 0 Å². The number of rotatable bonds is 8. The first-order valence-electron chi connectivity index (χ1n) is 8.18. The SMILES string of the molecule is CCNC(CCc1ccc2c(c1)CCO2)C(C)(C)OCC. The Morgan fingerprint density at radius 1 is 1.33 bits per heavy atom. The Morgan fingerprint density at radius 2 is 2.14 bits per heavy atom. The number of ether oxygens (including phenoxy) is 2. The summed E-state index contributed by atoms with van der Waals surface area (Å²) in [6.07, 6.45) is 3.20. The lowest BCUT2D eigenvalue weighted by molar-refractivity contribution is -0.0396. The molecule has 0 radical (unpaired) electrons. The fraction of sp³-hybridized carbons (Fsp3) is 0.667. The van der Waals surface area contributed by atoms with E-state index in [9.17, 15) is 0 Å². The van der Waals surface area contributed by atoms with Crippen molar-refractivity contribution < 1.29 is 9.47 Å². The van der Waals surface area contributed by atoms with Gasteiger partial charge in [-0.15, -0.1) is 0 Å². The largest absolute Gasteiger partial charge is 0.493 e. The monoisotopic (exact) mass is 291 g/mol. The summed E-state index contributed by atoms with van der Waals surface area (Å²) in [5.74, 6) is 1.07. The molecule has 0 bridgehead atoms. The van der Waals surface area contributed by atoms with Crippen molar-refractivity contribution in [3.8, 4) is 5.75 Å². The van der Waals surface area contributed by atoms with Gasteiger partial charge in [-0.05, 0) is 57.4 Å². The third-order valence-corrected chi connectivity index (χ3v) is 4.28. The molecule has 1 N–H and O–H groups in total. The molecule has 3 heteroatoms. The minimum absolute atomic E-state index is 0.134. The molecule has 1 unspecified atom stereocenters. The highest BCUT2D eigenvalue weighted by Crippen LogP contribution is 2.27. The molecule has 0 amide bonds. The summed E-state index contributed by atoms with van der Waals surface area (Å²) >= 11 is 0. The second-order valence-corrected chi connectivity index (χ2v) is 6.23. The maximum absolute atomic E-state index is 5.92. The van der Waals surface area contributed by atoms with Crippen LogP contribution < -0.4 is 10.1 Å². The number of likely N-dealkylation sites (N-methyl/N-ethyl adjacent to an activating group) is 1. The minimum atomic E-state index is -0.134. The molecular formula is C18H29NO2. The topological polar surface area (TPSA) is 30.5 Å². The van der Waals surface area contributed by atoms with Gasteiger partial charge < -0.3 is 14.8 Å². The Kier molecular flexibility index (Phi) is 5.65. The van der Waals surface area contributed by atoms with Crippen LogP contribution in [0.3, 0.4) is 0 Å². The van der Waals surface area contributed by atoms with Crippen molar-refractivity contribution in [2.75, 3.05) is 19.8 Å². The first-order chi connectivity index (χ1) is 10.1.